The van der Waals surface area contributed by atoms with Crippen molar-refractivity contribution in [3.05, 3.63) is 23.2 Å². The summed E-state index contributed by atoms with van der Waals surface area (Å²) in [6.07, 6.45) is -0.0233. The molecule has 0 bridgehead atoms. The predicted octanol–water partition coefficient (Wildman–Crippen LogP) is 1.31. The van der Waals surface area contributed by atoms with Gasteiger partial charge in [0.2, 0.25) is 10.0 Å². The highest BCUT2D eigenvalue weighted by atomic mass is 35.5. The van der Waals surface area contributed by atoms with E-state index in [0.29, 0.717) is 18.0 Å². The third kappa shape index (κ3) is 2.86. The molecule has 0 saturated carbocycles. The molecular formula is C12H17ClN2O3S. The summed E-state index contributed by atoms with van der Waals surface area (Å²) < 4.78 is 26.2. The lowest BCUT2D eigenvalue weighted by Gasteiger charge is -2.33. The number of hydrogen-bond acceptors (Lipinski definition) is 4. The van der Waals surface area contributed by atoms with Gasteiger partial charge in [0.15, 0.2) is 0 Å². The molecule has 0 radical (unpaired) electrons. The lowest BCUT2D eigenvalue weighted by atomic mass is 9.98. The molecule has 5 nitrogen and oxygen atoms in total. The smallest absolute Gasteiger partial charge is 0.245 e. The van der Waals surface area contributed by atoms with E-state index in [1.54, 1.807) is 6.07 Å². The molecular weight excluding hydrogens is 288 g/mol. The number of aliphatic hydroxyl groups excluding tert-OH is 1. The largest absolute Gasteiger partial charge is 0.398 e. The number of nitrogens with zero attached hydrogens (tertiary/aromatic N) is 1. The molecule has 19 heavy (non-hydrogen) atoms. The van der Waals surface area contributed by atoms with Crippen LogP contribution in [0.15, 0.2) is 23.1 Å². The molecule has 2 unspecified atom stereocenters. The number of benzene rings is 1. The van der Waals surface area contributed by atoms with Gasteiger partial charge in [-0.25, -0.2) is 8.42 Å². The van der Waals surface area contributed by atoms with Gasteiger partial charge >= 0.3 is 0 Å². The number of rotatable bonds is 2. The molecule has 0 aromatic heterocycles. The Balaban J connectivity index is 2.35. The van der Waals surface area contributed by atoms with Crippen molar-refractivity contribution in [2.45, 2.75) is 24.3 Å². The first kappa shape index (κ1) is 14.6. The Kier molecular flexibility index (Phi) is 4.06. The van der Waals surface area contributed by atoms with Crippen molar-refractivity contribution in [3.63, 3.8) is 0 Å². The Hall–Kier alpha value is -0.820. The predicted molar refractivity (Wildman–Crippen MR) is 74.4 cm³/mol. The fraction of sp³-hybridized carbons (Fsp3) is 0.500. The maximum absolute atomic E-state index is 12.5. The summed E-state index contributed by atoms with van der Waals surface area (Å²) in [5, 5.41) is 10.1. The van der Waals surface area contributed by atoms with Crippen molar-refractivity contribution in [2.24, 2.45) is 5.92 Å². The van der Waals surface area contributed by atoms with Crippen LogP contribution < -0.4 is 5.73 Å². The van der Waals surface area contributed by atoms with Gasteiger partial charge in [0.1, 0.15) is 4.90 Å². The first-order valence-electron chi connectivity index (χ1n) is 6.05. The lowest BCUT2D eigenvalue weighted by molar-refractivity contribution is 0.0605. The van der Waals surface area contributed by atoms with Gasteiger partial charge in [0.05, 0.1) is 11.8 Å². The van der Waals surface area contributed by atoms with Crippen LogP contribution in [0.25, 0.3) is 0 Å². The summed E-state index contributed by atoms with van der Waals surface area (Å²) in [5.41, 5.74) is 5.88. The van der Waals surface area contributed by atoms with Crippen molar-refractivity contribution >= 4 is 27.3 Å². The van der Waals surface area contributed by atoms with E-state index in [1.165, 1.54) is 16.4 Å². The van der Waals surface area contributed by atoms with Gasteiger partial charge in [-0.2, -0.15) is 4.31 Å². The SMILES string of the molecule is CC1CCN(S(=O)(=O)c2cc(Cl)ccc2N)CC1O. The van der Waals surface area contributed by atoms with Crippen LogP contribution in [-0.4, -0.2) is 37.0 Å². The molecule has 1 aromatic rings. The summed E-state index contributed by atoms with van der Waals surface area (Å²) in [6, 6.07) is 4.36. The molecule has 3 N–H and O–H groups in total. The Bertz CT molecular complexity index is 576. The topological polar surface area (TPSA) is 83.6 Å². The van der Waals surface area contributed by atoms with Gasteiger partial charge in [0, 0.05) is 18.1 Å². The molecule has 1 fully saturated rings. The summed E-state index contributed by atoms with van der Waals surface area (Å²) in [4.78, 5) is 0.00162. The fourth-order valence-electron chi connectivity index (χ4n) is 2.11. The van der Waals surface area contributed by atoms with Crippen molar-refractivity contribution in [1.82, 2.24) is 4.31 Å². The Morgan fingerprint density at radius 2 is 2.16 bits per heavy atom. The Morgan fingerprint density at radius 1 is 1.47 bits per heavy atom. The van der Waals surface area contributed by atoms with Crippen LogP contribution in [0.3, 0.4) is 0 Å². The molecule has 1 saturated heterocycles. The minimum atomic E-state index is -3.71. The first-order valence-corrected chi connectivity index (χ1v) is 7.87. The number of sulfonamides is 1. The fourth-order valence-corrected chi connectivity index (χ4v) is 3.96. The molecule has 0 aliphatic carbocycles. The van der Waals surface area contributed by atoms with E-state index >= 15 is 0 Å². The van der Waals surface area contributed by atoms with E-state index in [-0.39, 0.29) is 23.0 Å². The van der Waals surface area contributed by atoms with Crippen LogP contribution in [0.1, 0.15) is 13.3 Å². The summed E-state index contributed by atoms with van der Waals surface area (Å²) in [6.45, 7) is 2.38. The number of nitrogen functional groups attached to an aromatic ring is 1. The molecule has 2 rings (SSSR count). The molecule has 1 aliphatic rings. The molecule has 1 aromatic carbocycles. The summed E-state index contributed by atoms with van der Waals surface area (Å²) in [7, 11) is -3.71. The molecule has 1 heterocycles. The van der Waals surface area contributed by atoms with Crippen LogP contribution in [-0.2, 0) is 10.0 Å². The number of hydrogen-bond donors (Lipinski definition) is 2. The summed E-state index contributed by atoms with van der Waals surface area (Å²) >= 11 is 5.83. The minimum Gasteiger partial charge on any atom is -0.398 e. The van der Waals surface area contributed by atoms with Crippen molar-refractivity contribution in [3.8, 4) is 0 Å². The normalized spacial score (nSPS) is 25.4. The third-order valence-electron chi connectivity index (χ3n) is 3.47. The van der Waals surface area contributed by atoms with Crippen LogP contribution in [0.2, 0.25) is 5.02 Å². The van der Waals surface area contributed by atoms with Crippen molar-refractivity contribution < 1.29 is 13.5 Å². The number of β-amino-alcohol motifs (C(OH)–C–C–N with tert-alkyl or cyclic N) is 1. The average molecular weight is 305 g/mol. The molecule has 1 aliphatic heterocycles. The van der Waals surface area contributed by atoms with E-state index in [4.69, 9.17) is 17.3 Å². The maximum Gasteiger partial charge on any atom is 0.245 e. The first-order chi connectivity index (χ1) is 8.82. The number of aliphatic hydroxyl groups is 1. The maximum atomic E-state index is 12.5. The standard InChI is InChI=1S/C12H17ClN2O3S/c1-8-4-5-15(7-11(8)16)19(17,18)12-6-9(13)2-3-10(12)14/h2-3,6,8,11,16H,4-5,7,14H2,1H3. The van der Waals surface area contributed by atoms with E-state index in [2.05, 4.69) is 0 Å². The van der Waals surface area contributed by atoms with Crippen LogP contribution in [0.5, 0.6) is 0 Å². The monoisotopic (exact) mass is 304 g/mol. The second-order valence-electron chi connectivity index (χ2n) is 4.88. The van der Waals surface area contributed by atoms with Crippen molar-refractivity contribution in [2.75, 3.05) is 18.8 Å². The van der Waals surface area contributed by atoms with Gasteiger partial charge in [0.25, 0.3) is 0 Å². The average Bonchev–Trinajstić information content (AvgIpc) is 2.35. The van der Waals surface area contributed by atoms with Gasteiger partial charge in [-0.15, -0.1) is 0 Å². The number of piperidine rings is 1. The highest BCUT2D eigenvalue weighted by molar-refractivity contribution is 7.89. The third-order valence-corrected chi connectivity index (χ3v) is 5.63. The second-order valence-corrected chi connectivity index (χ2v) is 7.22. The van der Waals surface area contributed by atoms with E-state index in [1.807, 2.05) is 6.92 Å². The van der Waals surface area contributed by atoms with E-state index < -0.39 is 16.1 Å². The van der Waals surface area contributed by atoms with Gasteiger partial charge in [-0.3, -0.25) is 0 Å². The minimum absolute atomic E-state index is 0.00162. The van der Waals surface area contributed by atoms with Crippen molar-refractivity contribution in [1.29, 1.82) is 0 Å². The highest BCUT2D eigenvalue weighted by Gasteiger charge is 2.33. The van der Waals surface area contributed by atoms with E-state index in [0.717, 1.165) is 0 Å². The summed E-state index contributed by atoms with van der Waals surface area (Å²) in [5.74, 6) is 0.100. The number of anilines is 1. The molecule has 0 spiro atoms. The quantitative estimate of drug-likeness (QED) is 0.807. The Labute approximate surface area is 118 Å². The Morgan fingerprint density at radius 3 is 2.79 bits per heavy atom. The van der Waals surface area contributed by atoms with Gasteiger partial charge in [-0.1, -0.05) is 18.5 Å². The highest BCUT2D eigenvalue weighted by Crippen LogP contribution is 2.28. The molecule has 7 heteroatoms. The van der Waals surface area contributed by atoms with E-state index in [9.17, 15) is 13.5 Å². The number of halogens is 1. The second kappa shape index (κ2) is 5.28. The zero-order chi connectivity index (χ0) is 14.2. The molecule has 106 valence electrons. The van der Waals surface area contributed by atoms with Crippen LogP contribution in [0.4, 0.5) is 5.69 Å². The van der Waals surface area contributed by atoms with Gasteiger partial charge in [-0.05, 0) is 30.5 Å². The number of nitrogens with two attached hydrogens (primary N) is 1. The van der Waals surface area contributed by atoms with Crippen LogP contribution in [0, 0.1) is 5.92 Å². The zero-order valence-corrected chi connectivity index (χ0v) is 12.2. The molecule has 2 atom stereocenters. The van der Waals surface area contributed by atoms with Crippen LogP contribution >= 0.6 is 11.6 Å². The van der Waals surface area contributed by atoms with Gasteiger partial charge < -0.3 is 10.8 Å². The zero-order valence-electron chi connectivity index (χ0n) is 10.6. The molecule has 0 amide bonds. The lowest BCUT2D eigenvalue weighted by Crippen LogP contribution is -2.45.